The molecule has 3 nitrogen and oxygen atoms in total. The van der Waals surface area contributed by atoms with Gasteiger partial charge in [0.05, 0.1) is 34.8 Å². The third-order valence-corrected chi connectivity index (χ3v) is 6.19. The maximum atomic E-state index is 3.51. The Balaban J connectivity index is 1.80. The highest BCUT2D eigenvalue weighted by molar-refractivity contribution is 6.27. The van der Waals surface area contributed by atoms with Crippen molar-refractivity contribution in [2.75, 3.05) is 0 Å². The minimum Gasteiger partial charge on any atom is -0.319 e. The van der Waals surface area contributed by atoms with Gasteiger partial charge in [-0.25, -0.2) is 0 Å². The van der Waals surface area contributed by atoms with Crippen molar-refractivity contribution in [2.45, 2.75) is 0 Å². The minimum atomic E-state index is 1.13. The number of imidazole rings is 1. The van der Waals surface area contributed by atoms with Crippen molar-refractivity contribution in [3.63, 3.8) is 0 Å². The Hall–Kier alpha value is -3.85. The minimum absolute atomic E-state index is 1.13. The maximum Gasteiger partial charge on any atom is 0.244 e. The smallest absolute Gasteiger partial charge is 0.244 e. The summed E-state index contributed by atoms with van der Waals surface area (Å²) in [5.74, 6) is 0. The van der Waals surface area contributed by atoms with Crippen LogP contribution in [0.3, 0.4) is 0 Å². The molecule has 0 N–H and O–H groups in total. The van der Waals surface area contributed by atoms with E-state index in [9.17, 15) is 0 Å². The second-order valence-corrected chi connectivity index (χ2v) is 7.71. The quantitative estimate of drug-likeness (QED) is 0.271. The van der Waals surface area contributed by atoms with Crippen molar-refractivity contribution in [3.05, 3.63) is 91.3 Å². The first-order valence-corrected chi connectivity index (χ1v) is 9.88. The van der Waals surface area contributed by atoms with Gasteiger partial charge in [-0.05, 0) is 12.1 Å². The lowest BCUT2D eigenvalue weighted by Gasteiger charge is -2.07. The molecule has 0 atom stereocenters. The van der Waals surface area contributed by atoms with Crippen molar-refractivity contribution in [1.29, 1.82) is 0 Å². The fraction of sp³-hybridized carbons (Fsp3) is 0.0385. The van der Waals surface area contributed by atoms with E-state index in [1.807, 2.05) is 0 Å². The molecule has 29 heavy (non-hydrogen) atoms. The Morgan fingerprint density at radius 1 is 0.655 bits per heavy atom. The molecule has 7 aromatic rings. The number of aromatic nitrogens is 3. The van der Waals surface area contributed by atoms with E-state index in [1.165, 1.54) is 49.1 Å². The summed E-state index contributed by atoms with van der Waals surface area (Å²) in [6.07, 6.45) is 3.51. The van der Waals surface area contributed by atoms with Crippen molar-refractivity contribution < 1.29 is 4.57 Å². The van der Waals surface area contributed by atoms with Gasteiger partial charge < -0.3 is 13.5 Å². The van der Waals surface area contributed by atoms with Crippen LogP contribution in [0, 0.1) is 6.33 Å². The van der Waals surface area contributed by atoms with E-state index in [2.05, 4.69) is 112 Å². The normalized spacial score (nSPS) is 12.3. The van der Waals surface area contributed by atoms with Gasteiger partial charge in [-0.2, -0.15) is 0 Å². The molecule has 4 aromatic carbocycles. The third-order valence-electron chi connectivity index (χ3n) is 6.19. The number of fused-ring (bicyclic) bond motifs is 8. The van der Waals surface area contributed by atoms with Crippen molar-refractivity contribution in [1.82, 2.24) is 8.97 Å². The molecule has 3 heterocycles. The van der Waals surface area contributed by atoms with Gasteiger partial charge in [-0.15, -0.1) is 0 Å². The van der Waals surface area contributed by atoms with Crippen molar-refractivity contribution in [2.24, 2.45) is 7.05 Å². The second kappa shape index (κ2) is 5.15. The molecule has 0 aliphatic rings. The first-order chi connectivity index (χ1) is 14.3. The fourth-order valence-electron chi connectivity index (χ4n) is 5.01. The molecule has 0 radical (unpaired) electrons. The first-order valence-electron chi connectivity index (χ1n) is 9.88. The highest BCUT2D eigenvalue weighted by atomic mass is 15.1. The lowest BCUT2D eigenvalue weighted by Crippen LogP contribution is -2.26. The van der Waals surface area contributed by atoms with Crippen LogP contribution >= 0.6 is 0 Å². The first kappa shape index (κ1) is 15.1. The summed E-state index contributed by atoms with van der Waals surface area (Å²) in [4.78, 5) is 0. The number of aryl methyl sites for hydroxylation is 1. The molecule has 0 aliphatic carbocycles. The summed E-state index contributed by atoms with van der Waals surface area (Å²) in [6, 6.07) is 30.3. The summed E-state index contributed by atoms with van der Waals surface area (Å²) < 4.78 is 6.72. The third kappa shape index (κ3) is 1.76. The maximum absolute atomic E-state index is 3.51. The number of hydrogen-bond acceptors (Lipinski definition) is 0. The molecular weight excluding hydrogens is 354 g/mol. The van der Waals surface area contributed by atoms with E-state index in [1.54, 1.807) is 0 Å². The predicted octanol–water partition coefficient (Wildman–Crippen LogP) is 5.41. The van der Waals surface area contributed by atoms with E-state index in [-0.39, 0.29) is 0 Å². The zero-order valence-corrected chi connectivity index (χ0v) is 15.9. The Morgan fingerprint density at radius 2 is 1.41 bits per heavy atom. The van der Waals surface area contributed by atoms with Crippen molar-refractivity contribution in [3.8, 4) is 5.69 Å². The Labute approximate surface area is 167 Å². The average Bonchev–Trinajstić information content (AvgIpc) is 3.41. The SMILES string of the molecule is C[n+]1[c-]n(-c2ccccc2)c2c3c4cccc5c6ccccc6n(c3ccc21)c54. The molecule has 0 fully saturated rings. The van der Waals surface area contributed by atoms with Gasteiger partial charge in [0.25, 0.3) is 0 Å². The molecule has 0 spiro atoms. The summed E-state index contributed by atoms with van der Waals surface area (Å²) in [5.41, 5.74) is 7.32. The fourth-order valence-corrected chi connectivity index (χ4v) is 5.01. The van der Waals surface area contributed by atoms with Crippen LogP contribution in [-0.4, -0.2) is 8.97 Å². The molecule has 0 saturated heterocycles. The van der Waals surface area contributed by atoms with Crippen LogP contribution < -0.4 is 4.57 Å². The van der Waals surface area contributed by atoms with Crippen LogP contribution in [0.5, 0.6) is 0 Å². The average molecular weight is 371 g/mol. The number of hydrogen-bond donors (Lipinski definition) is 0. The molecule has 136 valence electrons. The van der Waals surface area contributed by atoms with Crippen LogP contribution in [0.4, 0.5) is 0 Å². The standard InChI is InChI=1S/C26H17N3/c1-27-16-28(17-8-3-2-4-9-17)26-23(27)15-14-22-24(26)20-12-7-11-19-18-10-5-6-13-21(18)29(22)25(19)20/h2-15H,1H3. The van der Waals surface area contributed by atoms with E-state index in [4.69, 9.17) is 0 Å². The van der Waals surface area contributed by atoms with Crippen molar-refractivity contribution >= 4 is 49.1 Å². The Bertz CT molecular complexity index is 1700. The Morgan fingerprint density at radius 3 is 2.31 bits per heavy atom. The monoisotopic (exact) mass is 371 g/mol. The summed E-state index contributed by atoms with van der Waals surface area (Å²) in [5, 5.41) is 5.21. The Kier molecular flexibility index (Phi) is 2.68. The van der Waals surface area contributed by atoms with Gasteiger partial charge in [0.1, 0.15) is 0 Å². The molecule has 3 aromatic heterocycles. The highest BCUT2D eigenvalue weighted by Crippen LogP contribution is 2.41. The van der Waals surface area contributed by atoms with Crippen LogP contribution in [0.2, 0.25) is 0 Å². The lowest BCUT2D eigenvalue weighted by atomic mass is 10.1. The van der Waals surface area contributed by atoms with Crippen LogP contribution in [0.15, 0.2) is 84.9 Å². The van der Waals surface area contributed by atoms with E-state index < -0.39 is 0 Å². The predicted molar refractivity (Wildman–Crippen MR) is 118 cm³/mol. The largest absolute Gasteiger partial charge is 0.319 e. The summed E-state index contributed by atoms with van der Waals surface area (Å²) >= 11 is 0. The molecule has 0 amide bonds. The van der Waals surface area contributed by atoms with Gasteiger partial charge in [0.15, 0.2) is 0 Å². The molecule has 0 unspecified atom stereocenters. The topological polar surface area (TPSA) is 13.2 Å². The number of para-hydroxylation sites is 3. The number of nitrogens with zero attached hydrogens (tertiary/aromatic N) is 3. The lowest BCUT2D eigenvalue weighted by molar-refractivity contribution is -0.649. The van der Waals surface area contributed by atoms with Gasteiger partial charge in [0, 0.05) is 27.1 Å². The number of benzene rings is 4. The zero-order valence-electron chi connectivity index (χ0n) is 15.9. The molecule has 0 aliphatic heterocycles. The van der Waals surface area contributed by atoms with Gasteiger partial charge in [0.2, 0.25) is 6.33 Å². The van der Waals surface area contributed by atoms with E-state index >= 15 is 0 Å². The summed E-state index contributed by atoms with van der Waals surface area (Å²) in [6.45, 7) is 0. The zero-order chi connectivity index (χ0) is 19.1. The van der Waals surface area contributed by atoms with Gasteiger partial charge in [-0.1, -0.05) is 72.8 Å². The van der Waals surface area contributed by atoms with Crippen LogP contribution in [0.1, 0.15) is 0 Å². The van der Waals surface area contributed by atoms with E-state index in [0.29, 0.717) is 0 Å². The second-order valence-electron chi connectivity index (χ2n) is 7.71. The number of rotatable bonds is 1. The molecule has 7 rings (SSSR count). The van der Waals surface area contributed by atoms with Gasteiger partial charge in [-0.3, -0.25) is 0 Å². The van der Waals surface area contributed by atoms with E-state index in [0.717, 1.165) is 5.69 Å². The van der Waals surface area contributed by atoms with Crippen LogP contribution in [0.25, 0.3) is 54.8 Å². The molecule has 0 bridgehead atoms. The molecular formula is C26H17N3. The van der Waals surface area contributed by atoms with Crippen LogP contribution in [-0.2, 0) is 7.05 Å². The summed E-state index contributed by atoms with van der Waals surface area (Å²) in [7, 11) is 2.07. The molecule has 0 saturated carbocycles. The molecule has 3 heteroatoms. The van der Waals surface area contributed by atoms with Gasteiger partial charge >= 0.3 is 0 Å². The highest BCUT2D eigenvalue weighted by Gasteiger charge is 2.20.